The Balaban J connectivity index is 1.83. The van der Waals surface area contributed by atoms with Gasteiger partial charge in [-0.1, -0.05) is 48.9 Å². The highest BCUT2D eigenvalue weighted by Crippen LogP contribution is 2.32. The van der Waals surface area contributed by atoms with Gasteiger partial charge in [-0.25, -0.2) is 4.79 Å². The molecule has 2 aromatic rings. The van der Waals surface area contributed by atoms with Crippen molar-refractivity contribution in [1.29, 1.82) is 0 Å². The lowest BCUT2D eigenvalue weighted by Gasteiger charge is -2.25. The summed E-state index contributed by atoms with van der Waals surface area (Å²) in [5, 5.41) is 2.25. The molecule has 1 aromatic heterocycles. The zero-order valence-electron chi connectivity index (χ0n) is 16.0. The average molecular weight is 457 g/mol. The first-order valence-electron chi connectivity index (χ1n) is 8.98. The maximum absolute atomic E-state index is 13.0. The van der Waals surface area contributed by atoms with E-state index in [1.165, 1.54) is 0 Å². The van der Waals surface area contributed by atoms with Crippen molar-refractivity contribution in [3.05, 3.63) is 69.1 Å². The summed E-state index contributed by atoms with van der Waals surface area (Å²) in [6.45, 7) is 0.769. The van der Waals surface area contributed by atoms with Crippen molar-refractivity contribution in [3.8, 4) is 0 Å². The fourth-order valence-electron chi connectivity index (χ4n) is 3.23. The van der Waals surface area contributed by atoms with Gasteiger partial charge in [0.05, 0.1) is 5.56 Å². The highest BCUT2D eigenvalue weighted by Gasteiger charge is 2.52. The predicted molar refractivity (Wildman–Crippen MR) is 103 cm³/mol. The Kier molecular flexibility index (Phi) is 5.81. The van der Waals surface area contributed by atoms with Crippen molar-refractivity contribution in [2.75, 3.05) is 0 Å². The van der Waals surface area contributed by atoms with Gasteiger partial charge in [0.15, 0.2) is 0 Å². The number of nitrogens with zero attached hydrogens (tertiary/aromatic N) is 2. The molecule has 1 aromatic carbocycles. The highest BCUT2D eigenvalue weighted by molar-refractivity contribution is 6.30. The minimum Gasteiger partial charge on any atom is -0.318 e. The Bertz CT molecular complexity index is 1100. The van der Waals surface area contributed by atoms with Crippen molar-refractivity contribution in [1.82, 2.24) is 20.3 Å². The van der Waals surface area contributed by atoms with Crippen LogP contribution in [0.2, 0.25) is 5.02 Å². The van der Waals surface area contributed by atoms with Gasteiger partial charge >= 0.3 is 12.2 Å². The largest absolute Gasteiger partial charge is 0.417 e. The van der Waals surface area contributed by atoms with Crippen LogP contribution in [-0.4, -0.2) is 27.4 Å². The quantitative estimate of drug-likeness (QED) is 0.675. The standard InChI is InChI=1S/C19H16ClF3N4O4/c1-2-18(11-6-4-3-5-7-11)16(30)27(17(31)24-18)25-14(28)10-26-9-12(19(21,22)23)8-13(20)15(26)29/h3-9H,2,10H2,1H3,(H,24,31)(H,25,28). The zero-order chi connectivity index (χ0) is 23.0. The Morgan fingerprint density at radius 1 is 1.19 bits per heavy atom. The van der Waals surface area contributed by atoms with Gasteiger partial charge in [0, 0.05) is 6.20 Å². The number of hydrazine groups is 1. The average Bonchev–Trinajstić information content (AvgIpc) is 2.96. The molecule has 1 unspecified atom stereocenters. The molecule has 0 aliphatic carbocycles. The molecule has 3 rings (SSSR count). The third kappa shape index (κ3) is 4.13. The number of halogens is 4. The van der Waals surface area contributed by atoms with E-state index in [1.807, 2.05) is 5.43 Å². The van der Waals surface area contributed by atoms with E-state index >= 15 is 0 Å². The van der Waals surface area contributed by atoms with E-state index in [2.05, 4.69) is 5.32 Å². The Hall–Kier alpha value is -3.34. The van der Waals surface area contributed by atoms with E-state index in [9.17, 15) is 32.3 Å². The van der Waals surface area contributed by atoms with Crippen LogP contribution in [0.5, 0.6) is 0 Å². The molecular formula is C19H16ClF3N4O4. The number of hydrogen-bond donors (Lipinski definition) is 2. The van der Waals surface area contributed by atoms with Gasteiger partial charge in [0.1, 0.15) is 17.1 Å². The van der Waals surface area contributed by atoms with E-state index in [0.29, 0.717) is 27.4 Å². The van der Waals surface area contributed by atoms with Crippen LogP contribution in [0.3, 0.4) is 0 Å². The predicted octanol–water partition coefficient (Wildman–Crippen LogP) is 2.41. The van der Waals surface area contributed by atoms with Gasteiger partial charge in [-0.15, -0.1) is 0 Å². The minimum atomic E-state index is -4.79. The topological polar surface area (TPSA) is 101 Å². The summed E-state index contributed by atoms with van der Waals surface area (Å²) in [6, 6.07) is 7.89. The molecule has 1 atom stereocenters. The molecule has 1 saturated heterocycles. The lowest BCUT2D eigenvalue weighted by molar-refractivity contribution is -0.140. The maximum atomic E-state index is 13.0. The number of hydrogen-bond acceptors (Lipinski definition) is 4. The number of urea groups is 1. The van der Waals surface area contributed by atoms with Crippen molar-refractivity contribution in [2.45, 2.75) is 31.6 Å². The van der Waals surface area contributed by atoms with Gasteiger partial charge in [-0.05, 0) is 18.1 Å². The number of rotatable bonds is 5. The Morgan fingerprint density at radius 2 is 1.84 bits per heavy atom. The van der Waals surface area contributed by atoms with Crippen LogP contribution >= 0.6 is 11.6 Å². The van der Waals surface area contributed by atoms with Crippen LogP contribution in [0.1, 0.15) is 24.5 Å². The first-order valence-corrected chi connectivity index (χ1v) is 9.36. The molecule has 1 aliphatic rings. The van der Waals surface area contributed by atoms with Crippen LogP contribution < -0.4 is 16.3 Å². The first-order chi connectivity index (χ1) is 14.5. The van der Waals surface area contributed by atoms with E-state index in [4.69, 9.17) is 11.6 Å². The van der Waals surface area contributed by atoms with Crippen molar-refractivity contribution in [3.63, 3.8) is 0 Å². The molecule has 2 N–H and O–H groups in total. The zero-order valence-corrected chi connectivity index (χ0v) is 16.8. The number of nitrogens with one attached hydrogen (secondary N) is 2. The molecule has 2 heterocycles. The van der Waals surface area contributed by atoms with E-state index in [1.54, 1.807) is 37.3 Å². The molecule has 31 heavy (non-hydrogen) atoms. The van der Waals surface area contributed by atoms with E-state index < -0.39 is 52.3 Å². The molecule has 1 fully saturated rings. The number of aromatic nitrogens is 1. The summed E-state index contributed by atoms with van der Waals surface area (Å²) >= 11 is 5.56. The molecule has 12 heteroatoms. The van der Waals surface area contributed by atoms with Crippen molar-refractivity contribution in [2.24, 2.45) is 0 Å². The van der Waals surface area contributed by atoms with Crippen LogP contribution in [0.4, 0.5) is 18.0 Å². The number of carbonyl (C=O) groups excluding carboxylic acids is 3. The van der Waals surface area contributed by atoms with Crippen LogP contribution in [0.15, 0.2) is 47.4 Å². The van der Waals surface area contributed by atoms with Crippen molar-refractivity contribution >= 4 is 29.4 Å². The summed E-state index contributed by atoms with van der Waals surface area (Å²) in [4.78, 5) is 49.7. The summed E-state index contributed by atoms with van der Waals surface area (Å²) < 4.78 is 39.3. The fourth-order valence-corrected chi connectivity index (χ4v) is 3.45. The lowest BCUT2D eigenvalue weighted by Crippen LogP contribution is -2.49. The van der Waals surface area contributed by atoms with E-state index in [-0.39, 0.29) is 6.42 Å². The summed E-state index contributed by atoms with van der Waals surface area (Å²) in [5.74, 6) is -1.84. The van der Waals surface area contributed by atoms with Gasteiger partial charge in [-0.3, -0.25) is 19.8 Å². The molecule has 0 bridgehead atoms. The molecule has 4 amide bonds. The molecule has 0 saturated carbocycles. The minimum absolute atomic E-state index is 0.177. The number of amides is 4. The smallest absolute Gasteiger partial charge is 0.318 e. The Morgan fingerprint density at radius 3 is 2.42 bits per heavy atom. The molecule has 0 spiro atoms. The monoisotopic (exact) mass is 456 g/mol. The second-order valence-electron chi connectivity index (χ2n) is 6.74. The summed E-state index contributed by atoms with van der Waals surface area (Å²) in [6.07, 6.45) is -4.19. The normalized spacial score (nSPS) is 18.8. The summed E-state index contributed by atoms with van der Waals surface area (Å²) in [7, 11) is 0. The number of carbonyl (C=O) groups is 3. The van der Waals surface area contributed by atoms with Crippen LogP contribution in [0, 0.1) is 0 Å². The fraction of sp³-hybridized carbons (Fsp3) is 0.263. The molecule has 1 aliphatic heterocycles. The second-order valence-corrected chi connectivity index (χ2v) is 7.15. The number of alkyl halides is 3. The molecular weight excluding hydrogens is 441 g/mol. The van der Waals surface area contributed by atoms with Crippen LogP contribution in [-0.2, 0) is 27.8 Å². The molecule has 8 nitrogen and oxygen atoms in total. The number of pyridine rings is 1. The van der Waals surface area contributed by atoms with Gasteiger partial charge in [0.25, 0.3) is 17.4 Å². The van der Waals surface area contributed by atoms with Gasteiger partial charge in [-0.2, -0.15) is 18.2 Å². The van der Waals surface area contributed by atoms with Crippen molar-refractivity contribution < 1.29 is 27.6 Å². The van der Waals surface area contributed by atoms with Gasteiger partial charge < -0.3 is 9.88 Å². The van der Waals surface area contributed by atoms with Crippen LogP contribution in [0.25, 0.3) is 0 Å². The lowest BCUT2D eigenvalue weighted by atomic mass is 9.87. The second kappa shape index (κ2) is 8.06. The van der Waals surface area contributed by atoms with E-state index in [0.717, 1.165) is 0 Å². The highest BCUT2D eigenvalue weighted by atomic mass is 35.5. The summed E-state index contributed by atoms with van der Waals surface area (Å²) in [5.41, 5.74) is -1.14. The maximum Gasteiger partial charge on any atom is 0.417 e. The molecule has 164 valence electrons. The third-order valence-electron chi connectivity index (χ3n) is 4.81. The number of imide groups is 1. The SMILES string of the molecule is CCC1(c2ccccc2)NC(=O)N(NC(=O)Cn2cc(C(F)(F)F)cc(Cl)c2=O)C1=O. The Labute approximate surface area is 178 Å². The first kappa shape index (κ1) is 22.3. The number of benzene rings is 1. The third-order valence-corrected chi connectivity index (χ3v) is 5.08. The molecule has 0 radical (unpaired) electrons. The van der Waals surface area contributed by atoms with Gasteiger partial charge in [0.2, 0.25) is 0 Å².